The van der Waals surface area contributed by atoms with Gasteiger partial charge in [0.05, 0.1) is 11.4 Å². The molecule has 0 aliphatic carbocycles. The van der Waals surface area contributed by atoms with E-state index in [9.17, 15) is 29.4 Å². The number of phenolic OH excluding ortho intramolecular Hbond substituents is 2. The molecule has 0 aliphatic heterocycles. The molecular formula is C37H40N4O6. The Morgan fingerprint density at radius 1 is 0.532 bits per heavy atom. The van der Waals surface area contributed by atoms with E-state index in [2.05, 4.69) is 21.3 Å². The fourth-order valence-electron chi connectivity index (χ4n) is 4.32. The number of hydrogen-bond acceptors (Lipinski definition) is 6. The molecule has 244 valence electrons. The molecule has 0 bridgehead atoms. The summed E-state index contributed by atoms with van der Waals surface area (Å²) in [6.45, 7) is 10.8. The lowest BCUT2D eigenvalue weighted by atomic mass is 9.95. The number of nitrogens with one attached hydrogen (secondary N) is 4. The molecule has 0 aromatic heterocycles. The summed E-state index contributed by atoms with van der Waals surface area (Å²) in [5, 5.41) is 32.3. The van der Waals surface area contributed by atoms with Gasteiger partial charge in [0.25, 0.3) is 11.8 Å². The van der Waals surface area contributed by atoms with Gasteiger partial charge in [-0.25, -0.2) is 0 Å². The largest absolute Gasteiger partial charge is 0.506 e. The summed E-state index contributed by atoms with van der Waals surface area (Å²) in [5.41, 5.74) is 2.27. The molecule has 0 atom stereocenters. The summed E-state index contributed by atoms with van der Waals surface area (Å²) in [5.74, 6) is -1.54. The fourth-order valence-corrected chi connectivity index (χ4v) is 4.32. The zero-order valence-corrected chi connectivity index (χ0v) is 27.3. The lowest BCUT2D eigenvalue weighted by molar-refractivity contribution is -0.123. The van der Waals surface area contributed by atoms with E-state index in [0.717, 1.165) is 11.1 Å². The van der Waals surface area contributed by atoms with Gasteiger partial charge in [0.2, 0.25) is 11.8 Å². The number of carbonyl (C=O) groups is 4. The van der Waals surface area contributed by atoms with Gasteiger partial charge in [-0.2, -0.15) is 0 Å². The number of anilines is 4. The van der Waals surface area contributed by atoms with Crippen LogP contribution in [0.3, 0.4) is 0 Å². The average molecular weight is 637 g/mol. The van der Waals surface area contributed by atoms with Crippen LogP contribution in [0.25, 0.3) is 0 Å². The quantitative estimate of drug-likeness (QED) is 0.113. The van der Waals surface area contributed by atoms with Crippen LogP contribution in [0.2, 0.25) is 0 Å². The second-order valence-electron chi connectivity index (χ2n) is 13.4. The van der Waals surface area contributed by atoms with E-state index >= 15 is 0 Å². The van der Waals surface area contributed by atoms with Crippen LogP contribution in [0.5, 0.6) is 11.5 Å². The molecule has 0 saturated heterocycles. The average Bonchev–Trinajstić information content (AvgIpc) is 2.99. The maximum absolute atomic E-state index is 12.9. The topological polar surface area (TPSA) is 157 Å². The molecule has 0 fully saturated rings. The monoisotopic (exact) mass is 636 g/mol. The molecular weight excluding hydrogens is 596 g/mol. The van der Waals surface area contributed by atoms with Crippen LogP contribution in [-0.4, -0.2) is 33.8 Å². The third kappa shape index (κ3) is 9.20. The van der Waals surface area contributed by atoms with Gasteiger partial charge in [-0.05, 0) is 78.2 Å². The third-order valence-corrected chi connectivity index (χ3v) is 7.16. The molecule has 0 saturated carbocycles. The Morgan fingerprint density at radius 3 is 1.26 bits per heavy atom. The van der Waals surface area contributed by atoms with Crippen molar-refractivity contribution in [3.05, 3.63) is 107 Å². The van der Waals surface area contributed by atoms with Gasteiger partial charge in [0.1, 0.15) is 11.5 Å². The Morgan fingerprint density at radius 2 is 0.915 bits per heavy atom. The minimum atomic E-state index is -0.593. The first-order chi connectivity index (χ1) is 22.0. The van der Waals surface area contributed by atoms with Gasteiger partial charge in [0, 0.05) is 33.3 Å². The fraction of sp³-hybridized carbons (Fsp3) is 0.243. The van der Waals surface area contributed by atoms with Crippen LogP contribution in [0, 0.1) is 10.8 Å². The minimum absolute atomic E-state index is 0.137. The zero-order chi connectivity index (χ0) is 34.5. The Bertz CT molecular complexity index is 1700. The van der Waals surface area contributed by atoms with Crippen LogP contribution >= 0.6 is 0 Å². The Kier molecular flexibility index (Phi) is 10.0. The predicted molar refractivity (Wildman–Crippen MR) is 184 cm³/mol. The van der Waals surface area contributed by atoms with Gasteiger partial charge in [-0.15, -0.1) is 0 Å². The van der Waals surface area contributed by atoms with Gasteiger partial charge < -0.3 is 31.5 Å². The third-order valence-electron chi connectivity index (χ3n) is 7.16. The molecule has 4 amide bonds. The highest BCUT2D eigenvalue weighted by atomic mass is 16.3. The van der Waals surface area contributed by atoms with Gasteiger partial charge >= 0.3 is 0 Å². The Hall–Kier alpha value is -5.64. The number of hydrogen-bond donors (Lipinski definition) is 6. The Labute approximate surface area is 274 Å². The van der Waals surface area contributed by atoms with E-state index in [1.807, 2.05) is 0 Å². The van der Waals surface area contributed by atoms with Crippen molar-refractivity contribution in [1.82, 2.24) is 0 Å². The lowest BCUT2D eigenvalue weighted by Crippen LogP contribution is -2.27. The molecule has 47 heavy (non-hydrogen) atoms. The molecule has 10 heteroatoms. The van der Waals surface area contributed by atoms with E-state index in [4.69, 9.17) is 0 Å². The van der Waals surface area contributed by atoms with Crippen molar-refractivity contribution in [2.24, 2.45) is 10.8 Å². The molecule has 0 radical (unpaired) electrons. The summed E-state index contributed by atoms with van der Waals surface area (Å²) in [6, 6.07) is 22.8. The van der Waals surface area contributed by atoms with Crippen LogP contribution in [0.15, 0.2) is 84.9 Å². The molecule has 4 aromatic carbocycles. The van der Waals surface area contributed by atoms with Crippen molar-refractivity contribution in [2.75, 3.05) is 21.3 Å². The van der Waals surface area contributed by atoms with Crippen molar-refractivity contribution in [2.45, 2.75) is 48.0 Å². The summed E-state index contributed by atoms with van der Waals surface area (Å²) >= 11 is 0. The highest BCUT2D eigenvalue weighted by Crippen LogP contribution is 2.30. The van der Waals surface area contributed by atoms with Crippen LogP contribution in [-0.2, 0) is 16.0 Å². The Balaban J connectivity index is 1.38. The summed E-state index contributed by atoms with van der Waals surface area (Å²) in [6.07, 6.45) is 0.356. The predicted octanol–water partition coefficient (Wildman–Crippen LogP) is 7.16. The molecule has 0 heterocycles. The second-order valence-corrected chi connectivity index (χ2v) is 13.4. The normalized spacial score (nSPS) is 11.4. The van der Waals surface area contributed by atoms with Gasteiger partial charge in [-0.3, -0.25) is 19.2 Å². The van der Waals surface area contributed by atoms with Crippen molar-refractivity contribution >= 4 is 46.4 Å². The number of phenols is 2. The smallest absolute Gasteiger partial charge is 0.255 e. The molecule has 0 unspecified atom stereocenters. The zero-order valence-electron chi connectivity index (χ0n) is 27.3. The molecule has 4 aromatic rings. The number of rotatable bonds is 8. The first-order valence-corrected chi connectivity index (χ1v) is 15.1. The summed E-state index contributed by atoms with van der Waals surface area (Å²) < 4.78 is 0. The summed E-state index contributed by atoms with van der Waals surface area (Å²) in [4.78, 5) is 50.4. The van der Waals surface area contributed by atoms with Gasteiger partial charge in [0.15, 0.2) is 0 Å². The van der Waals surface area contributed by atoms with Gasteiger partial charge in [-0.1, -0.05) is 65.8 Å². The molecule has 0 spiro atoms. The molecule has 4 rings (SSSR count). The second kappa shape index (κ2) is 13.8. The first kappa shape index (κ1) is 34.2. The molecule has 0 aliphatic rings. The lowest BCUT2D eigenvalue weighted by Gasteiger charge is -2.18. The highest BCUT2D eigenvalue weighted by Gasteiger charge is 2.22. The molecule has 6 N–H and O–H groups in total. The maximum atomic E-state index is 12.9. The van der Waals surface area contributed by atoms with E-state index < -0.39 is 22.6 Å². The number of carbonyl (C=O) groups excluding carboxylic acids is 4. The van der Waals surface area contributed by atoms with Crippen molar-refractivity contribution in [3.8, 4) is 11.5 Å². The van der Waals surface area contributed by atoms with E-state index in [0.29, 0.717) is 28.9 Å². The molecule has 10 nitrogen and oxygen atoms in total. The van der Waals surface area contributed by atoms with E-state index in [1.165, 1.54) is 12.1 Å². The summed E-state index contributed by atoms with van der Waals surface area (Å²) in [7, 11) is 0. The van der Waals surface area contributed by atoms with Crippen LogP contribution < -0.4 is 21.3 Å². The SMILES string of the molecule is CC(C)(C)C(=O)Nc1cccc(C(=O)Nc2ccc(Cc3ccc(NC(=O)c4cccc(NC(=O)C(C)(C)C)c4)c(O)c3)cc2O)c1. The first-order valence-electron chi connectivity index (χ1n) is 15.1. The van der Waals surface area contributed by atoms with Crippen molar-refractivity contribution in [1.29, 1.82) is 0 Å². The minimum Gasteiger partial charge on any atom is -0.506 e. The highest BCUT2D eigenvalue weighted by molar-refractivity contribution is 6.07. The van der Waals surface area contributed by atoms with E-state index in [-0.39, 0.29) is 34.7 Å². The maximum Gasteiger partial charge on any atom is 0.255 e. The van der Waals surface area contributed by atoms with Crippen molar-refractivity contribution in [3.63, 3.8) is 0 Å². The van der Waals surface area contributed by atoms with Crippen LogP contribution in [0.1, 0.15) is 73.4 Å². The van der Waals surface area contributed by atoms with Crippen molar-refractivity contribution < 1.29 is 29.4 Å². The standard InChI is InChI=1S/C37H40N4O6/c1-36(2,3)34(46)38-26-11-7-9-24(20-26)32(44)40-28-15-13-22(18-30(28)42)17-23-14-16-29(31(43)19-23)41-33(45)25-10-8-12-27(21-25)39-35(47)37(4,5)6/h7-16,18-21,42-43H,17H2,1-6H3,(H,38,46)(H,39,47)(H,40,44)(H,41,45). The van der Waals surface area contributed by atoms with E-state index in [1.54, 1.807) is 114 Å². The number of aromatic hydroxyl groups is 2. The number of amides is 4. The van der Waals surface area contributed by atoms with Crippen LogP contribution in [0.4, 0.5) is 22.7 Å². The number of benzene rings is 4.